The van der Waals surface area contributed by atoms with Crippen molar-refractivity contribution < 1.29 is 14.3 Å². The van der Waals surface area contributed by atoms with E-state index in [1.807, 2.05) is 11.8 Å². The lowest BCUT2D eigenvalue weighted by atomic mass is 9.92. The van der Waals surface area contributed by atoms with Gasteiger partial charge in [0.05, 0.1) is 18.4 Å². The number of rotatable bonds is 5. The third-order valence-corrected chi connectivity index (χ3v) is 6.56. The second-order valence-corrected chi connectivity index (χ2v) is 8.56. The van der Waals surface area contributed by atoms with Crippen LogP contribution in [0.5, 0.6) is 0 Å². The summed E-state index contributed by atoms with van der Waals surface area (Å²) >= 11 is 0. The van der Waals surface area contributed by atoms with Crippen LogP contribution in [0.4, 0.5) is 0 Å². The third kappa shape index (κ3) is 4.67. The summed E-state index contributed by atoms with van der Waals surface area (Å²) in [4.78, 5) is 29.5. The molecule has 2 aliphatic heterocycles. The minimum absolute atomic E-state index is 0.0526. The molecular weight excluding hydrogens is 376 g/mol. The average Bonchev–Trinajstić information content (AvgIpc) is 2.79. The van der Waals surface area contributed by atoms with Gasteiger partial charge in [0.2, 0.25) is 5.91 Å². The molecule has 0 aromatic heterocycles. The molecule has 0 spiro atoms. The number of esters is 1. The van der Waals surface area contributed by atoms with Gasteiger partial charge in [0.1, 0.15) is 0 Å². The smallest absolute Gasteiger partial charge is 0.309 e. The minimum Gasteiger partial charge on any atom is -0.466 e. The first-order valence-corrected chi connectivity index (χ1v) is 11.3. The number of carbonyl (C=O) groups is 2. The van der Waals surface area contributed by atoms with Gasteiger partial charge in [0.25, 0.3) is 0 Å². The van der Waals surface area contributed by atoms with Crippen molar-refractivity contribution in [3.63, 3.8) is 0 Å². The zero-order valence-corrected chi connectivity index (χ0v) is 17.9. The van der Waals surface area contributed by atoms with Gasteiger partial charge in [0.15, 0.2) is 0 Å². The van der Waals surface area contributed by atoms with Gasteiger partial charge in [0, 0.05) is 26.2 Å². The molecule has 30 heavy (non-hydrogen) atoms. The van der Waals surface area contributed by atoms with Crippen LogP contribution >= 0.6 is 0 Å². The predicted molar refractivity (Wildman–Crippen MR) is 118 cm³/mol. The SMILES string of the molecule is CCOC(=O)C1CCN(C(=O)C2CCCN(Cc3cccc4ccccc34)C2)CC1. The summed E-state index contributed by atoms with van der Waals surface area (Å²) in [5, 5.41) is 2.57. The molecule has 1 amide bonds. The van der Waals surface area contributed by atoms with E-state index in [1.165, 1.54) is 16.3 Å². The van der Waals surface area contributed by atoms with Crippen LogP contribution in [-0.4, -0.2) is 54.5 Å². The molecule has 1 unspecified atom stereocenters. The van der Waals surface area contributed by atoms with Crippen LogP contribution in [0.25, 0.3) is 10.8 Å². The number of fused-ring (bicyclic) bond motifs is 1. The van der Waals surface area contributed by atoms with Crippen LogP contribution in [0, 0.1) is 11.8 Å². The van der Waals surface area contributed by atoms with E-state index in [0.717, 1.165) is 45.3 Å². The molecule has 5 nitrogen and oxygen atoms in total. The standard InChI is InChI=1S/C25H32N2O3/c1-2-30-25(29)20-12-15-27(16-13-20)24(28)22-10-6-14-26(18-22)17-21-9-5-8-19-7-3-4-11-23(19)21/h3-5,7-9,11,20,22H,2,6,10,12-18H2,1H3. The zero-order valence-electron chi connectivity index (χ0n) is 17.9. The Labute approximate surface area is 179 Å². The third-order valence-electron chi connectivity index (χ3n) is 6.56. The number of ether oxygens (including phenoxy) is 1. The maximum atomic E-state index is 13.1. The Morgan fingerprint density at radius 1 is 0.967 bits per heavy atom. The lowest BCUT2D eigenvalue weighted by Gasteiger charge is -2.37. The van der Waals surface area contributed by atoms with Crippen molar-refractivity contribution in [2.45, 2.75) is 39.2 Å². The van der Waals surface area contributed by atoms with Crippen molar-refractivity contribution in [1.29, 1.82) is 0 Å². The number of amides is 1. The van der Waals surface area contributed by atoms with Gasteiger partial charge in [-0.15, -0.1) is 0 Å². The monoisotopic (exact) mass is 408 g/mol. The van der Waals surface area contributed by atoms with Crippen LogP contribution in [0.2, 0.25) is 0 Å². The molecule has 2 fully saturated rings. The van der Waals surface area contributed by atoms with Crippen molar-refractivity contribution in [2.75, 3.05) is 32.8 Å². The molecule has 2 aromatic carbocycles. The molecule has 2 aromatic rings. The number of hydrogen-bond donors (Lipinski definition) is 0. The molecule has 2 heterocycles. The van der Waals surface area contributed by atoms with Crippen molar-refractivity contribution in [3.8, 4) is 0 Å². The van der Waals surface area contributed by atoms with Crippen molar-refractivity contribution in [2.24, 2.45) is 11.8 Å². The Bertz CT molecular complexity index is 884. The molecule has 0 bridgehead atoms. The van der Waals surface area contributed by atoms with Crippen molar-refractivity contribution in [3.05, 3.63) is 48.0 Å². The topological polar surface area (TPSA) is 49.9 Å². The predicted octanol–water partition coefficient (Wildman–Crippen LogP) is 3.85. The van der Waals surface area contributed by atoms with Gasteiger partial charge in [-0.25, -0.2) is 0 Å². The van der Waals surface area contributed by atoms with Crippen LogP contribution in [0.3, 0.4) is 0 Å². The Morgan fingerprint density at radius 2 is 1.73 bits per heavy atom. The second-order valence-electron chi connectivity index (χ2n) is 8.56. The van der Waals surface area contributed by atoms with Gasteiger partial charge in [-0.1, -0.05) is 42.5 Å². The fourth-order valence-electron chi connectivity index (χ4n) is 4.93. The minimum atomic E-state index is -0.108. The number of nitrogens with zero attached hydrogens (tertiary/aromatic N) is 2. The van der Waals surface area contributed by atoms with E-state index < -0.39 is 0 Å². The highest BCUT2D eigenvalue weighted by atomic mass is 16.5. The van der Waals surface area contributed by atoms with Crippen LogP contribution in [0.15, 0.2) is 42.5 Å². The van der Waals surface area contributed by atoms with E-state index in [0.29, 0.717) is 19.7 Å². The first-order valence-electron chi connectivity index (χ1n) is 11.3. The van der Waals surface area contributed by atoms with Crippen molar-refractivity contribution >= 4 is 22.6 Å². The van der Waals surface area contributed by atoms with E-state index in [9.17, 15) is 9.59 Å². The molecular formula is C25H32N2O3. The first kappa shape index (κ1) is 20.9. The summed E-state index contributed by atoms with van der Waals surface area (Å²) in [6.45, 7) is 6.34. The van der Waals surface area contributed by atoms with E-state index in [4.69, 9.17) is 4.74 Å². The van der Waals surface area contributed by atoms with E-state index in [2.05, 4.69) is 47.4 Å². The average molecular weight is 409 g/mol. The van der Waals surface area contributed by atoms with E-state index in [-0.39, 0.29) is 23.7 Å². The largest absolute Gasteiger partial charge is 0.466 e. The summed E-state index contributed by atoms with van der Waals surface area (Å²) in [6, 6.07) is 15.0. The van der Waals surface area contributed by atoms with Gasteiger partial charge in [-0.05, 0) is 55.5 Å². The van der Waals surface area contributed by atoms with Crippen molar-refractivity contribution in [1.82, 2.24) is 9.80 Å². The van der Waals surface area contributed by atoms with Gasteiger partial charge in [-0.3, -0.25) is 14.5 Å². The Kier molecular flexibility index (Phi) is 6.68. The molecule has 0 N–H and O–H groups in total. The van der Waals surface area contributed by atoms with Gasteiger partial charge in [-0.2, -0.15) is 0 Å². The van der Waals surface area contributed by atoms with Gasteiger partial charge < -0.3 is 9.64 Å². The van der Waals surface area contributed by atoms with Crippen LogP contribution in [-0.2, 0) is 20.9 Å². The van der Waals surface area contributed by atoms with Crippen LogP contribution < -0.4 is 0 Å². The lowest BCUT2D eigenvalue weighted by Crippen LogP contribution is -2.47. The second kappa shape index (κ2) is 9.61. The van der Waals surface area contributed by atoms with Crippen LogP contribution in [0.1, 0.15) is 38.2 Å². The summed E-state index contributed by atoms with van der Waals surface area (Å²) < 4.78 is 5.15. The number of likely N-dealkylation sites (tertiary alicyclic amines) is 2. The Morgan fingerprint density at radius 3 is 2.53 bits per heavy atom. The molecule has 5 heteroatoms. The molecule has 2 saturated heterocycles. The number of piperidine rings is 2. The number of benzene rings is 2. The molecule has 160 valence electrons. The summed E-state index contributed by atoms with van der Waals surface area (Å²) in [5.74, 6) is 0.166. The highest BCUT2D eigenvalue weighted by Crippen LogP contribution is 2.26. The van der Waals surface area contributed by atoms with Gasteiger partial charge >= 0.3 is 5.97 Å². The summed E-state index contributed by atoms with van der Waals surface area (Å²) in [6.07, 6.45) is 3.46. The normalized spacial score (nSPS) is 21.0. The number of carbonyl (C=O) groups excluding carboxylic acids is 2. The number of hydrogen-bond acceptors (Lipinski definition) is 4. The first-order chi connectivity index (χ1) is 14.7. The summed E-state index contributed by atoms with van der Waals surface area (Å²) in [5.41, 5.74) is 1.33. The highest BCUT2D eigenvalue weighted by Gasteiger charge is 2.33. The fraction of sp³-hybridized carbons (Fsp3) is 0.520. The Hall–Kier alpha value is -2.40. The maximum absolute atomic E-state index is 13.1. The Balaban J connectivity index is 1.35. The summed E-state index contributed by atoms with van der Waals surface area (Å²) in [7, 11) is 0. The zero-order chi connectivity index (χ0) is 20.9. The molecule has 1 atom stereocenters. The fourth-order valence-corrected chi connectivity index (χ4v) is 4.93. The lowest BCUT2D eigenvalue weighted by molar-refractivity contribution is -0.152. The molecule has 2 aliphatic rings. The van der Waals surface area contributed by atoms with E-state index in [1.54, 1.807) is 0 Å². The van der Waals surface area contributed by atoms with E-state index >= 15 is 0 Å². The highest BCUT2D eigenvalue weighted by molar-refractivity contribution is 5.85. The molecule has 0 radical (unpaired) electrons. The quantitative estimate of drug-likeness (QED) is 0.705. The molecule has 4 rings (SSSR count). The molecule has 0 saturated carbocycles. The molecule has 0 aliphatic carbocycles. The maximum Gasteiger partial charge on any atom is 0.309 e.